The summed E-state index contributed by atoms with van der Waals surface area (Å²) < 4.78 is 1.59. The molecule has 3 rings (SSSR count). The predicted molar refractivity (Wildman–Crippen MR) is 121 cm³/mol. The number of anilines is 2. The van der Waals surface area contributed by atoms with E-state index in [2.05, 4.69) is 53.1 Å². The van der Waals surface area contributed by atoms with Crippen LogP contribution in [0.5, 0.6) is 0 Å². The van der Waals surface area contributed by atoms with Gasteiger partial charge >= 0.3 is 0 Å². The smallest absolute Gasteiger partial charge is 0.256 e. The molecule has 2 aromatic heterocycles. The zero-order chi connectivity index (χ0) is 21.7. The molecular formula is C22H25N7O. The molecule has 3 aromatic rings. The summed E-state index contributed by atoms with van der Waals surface area (Å²) in [5, 5.41) is 10.1. The van der Waals surface area contributed by atoms with Crippen molar-refractivity contribution < 1.29 is 4.79 Å². The maximum Gasteiger partial charge on any atom is 0.256 e. The fourth-order valence-corrected chi connectivity index (χ4v) is 2.74. The van der Waals surface area contributed by atoms with Gasteiger partial charge < -0.3 is 16.4 Å². The van der Waals surface area contributed by atoms with E-state index in [9.17, 15) is 4.79 Å². The van der Waals surface area contributed by atoms with Crippen LogP contribution < -0.4 is 16.4 Å². The van der Waals surface area contributed by atoms with Crippen LogP contribution in [-0.2, 0) is 5.41 Å². The molecule has 154 valence electrons. The van der Waals surface area contributed by atoms with E-state index in [0.717, 1.165) is 5.56 Å². The number of nitrogens with zero attached hydrogens (tertiary/aromatic N) is 4. The van der Waals surface area contributed by atoms with Gasteiger partial charge in [0.25, 0.3) is 5.91 Å². The van der Waals surface area contributed by atoms with Crippen LogP contribution in [0.25, 0.3) is 5.65 Å². The first kappa shape index (κ1) is 20.8. The van der Waals surface area contributed by atoms with E-state index < -0.39 is 0 Å². The number of hydrogen-bond acceptors (Lipinski definition) is 6. The Morgan fingerprint density at radius 2 is 1.93 bits per heavy atom. The summed E-state index contributed by atoms with van der Waals surface area (Å²) in [4.78, 5) is 21.3. The molecule has 0 saturated carbocycles. The molecule has 1 amide bonds. The third kappa shape index (κ3) is 4.91. The second-order valence-electron chi connectivity index (χ2n) is 7.64. The van der Waals surface area contributed by atoms with Gasteiger partial charge in [-0.25, -0.2) is 9.98 Å². The second kappa shape index (κ2) is 8.60. The molecule has 0 saturated heterocycles. The number of nitrogens with two attached hydrogens (primary N) is 1. The van der Waals surface area contributed by atoms with Gasteiger partial charge in [0.15, 0.2) is 5.65 Å². The summed E-state index contributed by atoms with van der Waals surface area (Å²) in [6, 6.07) is 11.0. The van der Waals surface area contributed by atoms with Crippen molar-refractivity contribution in [3.8, 4) is 0 Å². The maximum absolute atomic E-state index is 12.7. The molecule has 0 fully saturated rings. The van der Waals surface area contributed by atoms with E-state index in [1.807, 2.05) is 24.3 Å². The molecule has 8 heteroatoms. The average Bonchev–Trinajstić information content (AvgIpc) is 3.16. The van der Waals surface area contributed by atoms with Crippen LogP contribution in [0.2, 0.25) is 0 Å². The van der Waals surface area contributed by atoms with Crippen LogP contribution >= 0.6 is 0 Å². The van der Waals surface area contributed by atoms with Crippen LogP contribution in [0.4, 0.5) is 11.6 Å². The monoisotopic (exact) mass is 403 g/mol. The number of aliphatic imine (C=N–C) groups is 1. The van der Waals surface area contributed by atoms with Gasteiger partial charge in [-0.2, -0.15) is 9.61 Å². The molecule has 0 atom stereocenters. The minimum absolute atomic E-state index is 0.0228. The largest absolute Gasteiger partial charge is 0.405 e. The summed E-state index contributed by atoms with van der Waals surface area (Å²) in [6.45, 7) is 10.2. The quantitative estimate of drug-likeness (QED) is 0.544. The Kier molecular flexibility index (Phi) is 5.96. The number of rotatable bonds is 6. The van der Waals surface area contributed by atoms with E-state index >= 15 is 0 Å². The van der Waals surface area contributed by atoms with Crippen molar-refractivity contribution in [3.63, 3.8) is 0 Å². The van der Waals surface area contributed by atoms with Crippen LogP contribution in [-0.4, -0.2) is 26.7 Å². The first-order valence-corrected chi connectivity index (χ1v) is 9.41. The first-order chi connectivity index (χ1) is 14.3. The van der Waals surface area contributed by atoms with Crippen molar-refractivity contribution in [2.75, 3.05) is 10.6 Å². The van der Waals surface area contributed by atoms with Gasteiger partial charge in [0, 0.05) is 23.9 Å². The highest BCUT2D eigenvalue weighted by Gasteiger charge is 2.15. The Bertz CT molecular complexity index is 1120. The molecular weight excluding hydrogens is 378 g/mol. The lowest BCUT2D eigenvalue weighted by Crippen LogP contribution is -2.16. The number of carbonyl (C=O) groups excluding carboxylic acids is 1. The summed E-state index contributed by atoms with van der Waals surface area (Å²) in [6.07, 6.45) is 6.09. The molecule has 30 heavy (non-hydrogen) atoms. The maximum atomic E-state index is 12.7. The fourth-order valence-electron chi connectivity index (χ4n) is 2.74. The van der Waals surface area contributed by atoms with Crippen LogP contribution in [0.15, 0.2) is 72.3 Å². The third-order valence-corrected chi connectivity index (χ3v) is 4.31. The number of carbonyl (C=O) groups is 1. The van der Waals surface area contributed by atoms with Gasteiger partial charge in [-0.05, 0) is 35.4 Å². The highest BCUT2D eigenvalue weighted by atomic mass is 16.1. The highest BCUT2D eigenvalue weighted by molar-refractivity contribution is 6.04. The summed E-state index contributed by atoms with van der Waals surface area (Å²) in [7, 11) is 0. The summed E-state index contributed by atoms with van der Waals surface area (Å²) in [5.41, 5.74) is 7.59. The number of hydrogen-bond donors (Lipinski definition) is 3. The zero-order valence-electron chi connectivity index (χ0n) is 17.3. The van der Waals surface area contributed by atoms with Gasteiger partial charge in [-0.1, -0.05) is 39.5 Å². The normalized spacial score (nSPS) is 12.0. The van der Waals surface area contributed by atoms with Gasteiger partial charge in [-0.3, -0.25) is 4.79 Å². The van der Waals surface area contributed by atoms with Crippen molar-refractivity contribution >= 4 is 29.4 Å². The molecule has 0 spiro atoms. The number of nitrogens with one attached hydrogen (secondary N) is 2. The van der Waals surface area contributed by atoms with Gasteiger partial charge in [0.2, 0.25) is 0 Å². The van der Waals surface area contributed by atoms with Crippen LogP contribution in [0.1, 0.15) is 36.7 Å². The standard InChI is InChI=1S/C22H25N7O/c1-15(24-12-5-11-23)26-20-14-18(27-19-10-13-25-29(19)20)28-21(30)16-6-8-17(9-7-16)22(2,3)4/h5-14,26H,1,23H2,2-4H3,(H,27,28,30)/b11-5-,24-12?. The number of fused-ring (bicyclic) bond motifs is 1. The zero-order valence-corrected chi connectivity index (χ0v) is 17.3. The lowest BCUT2D eigenvalue weighted by Gasteiger charge is -2.19. The number of amides is 1. The minimum atomic E-state index is -0.247. The molecule has 8 nitrogen and oxygen atoms in total. The first-order valence-electron chi connectivity index (χ1n) is 9.41. The lowest BCUT2D eigenvalue weighted by molar-refractivity contribution is 0.102. The highest BCUT2D eigenvalue weighted by Crippen LogP contribution is 2.23. The number of benzene rings is 1. The predicted octanol–water partition coefficient (Wildman–Crippen LogP) is 3.71. The number of allylic oxidation sites excluding steroid dienone is 1. The molecule has 1 aromatic carbocycles. The Morgan fingerprint density at radius 1 is 1.20 bits per heavy atom. The van der Waals surface area contributed by atoms with Crippen molar-refractivity contribution in [2.24, 2.45) is 10.7 Å². The van der Waals surface area contributed by atoms with Crippen molar-refractivity contribution in [2.45, 2.75) is 26.2 Å². The summed E-state index contributed by atoms with van der Waals surface area (Å²) >= 11 is 0. The Balaban J connectivity index is 1.82. The van der Waals surface area contributed by atoms with Gasteiger partial charge in [0.1, 0.15) is 17.5 Å². The number of aromatic nitrogens is 3. The Labute approximate surface area is 175 Å². The van der Waals surface area contributed by atoms with Crippen LogP contribution in [0.3, 0.4) is 0 Å². The molecule has 0 radical (unpaired) electrons. The topological polar surface area (TPSA) is 110 Å². The molecule has 2 heterocycles. The molecule has 0 unspecified atom stereocenters. The van der Waals surface area contributed by atoms with Crippen molar-refractivity contribution in [1.29, 1.82) is 0 Å². The molecule has 0 bridgehead atoms. The van der Waals surface area contributed by atoms with E-state index in [0.29, 0.717) is 28.7 Å². The molecule has 0 aliphatic rings. The third-order valence-electron chi connectivity index (χ3n) is 4.31. The van der Waals surface area contributed by atoms with E-state index in [4.69, 9.17) is 5.73 Å². The van der Waals surface area contributed by atoms with Gasteiger partial charge in [-0.15, -0.1) is 0 Å². The average molecular weight is 403 g/mol. The van der Waals surface area contributed by atoms with E-state index in [-0.39, 0.29) is 11.3 Å². The van der Waals surface area contributed by atoms with Crippen LogP contribution in [0, 0.1) is 0 Å². The Hall–Kier alpha value is -3.94. The van der Waals surface area contributed by atoms with E-state index in [1.165, 1.54) is 12.4 Å². The SMILES string of the molecule is C=C(N=C/C=C\N)Nc1cc(NC(=O)c2ccc(C(C)(C)C)cc2)nc2ccnn12. The minimum Gasteiger partial charge on any atom is -0.405 e. The fraction of sp³-hybridized carbons (Fsp3) is 0.182. The van der Waals surface area contributed by atoms with Gasteiger partial charge in [0.05, 0.1) is 6.20 Å². The van der Waals surface area contributed by atoms with Crippen molar-refractivity contribution in [1.82, 2.24) is 14.6 Å². The van der Waals surface area contributed by atoms with E-state index in [1.54, 1.807) is 28.9 Å². The lowest BCUT2D eigenvalue weighted by atomic mass is 9.87. The molecule has 4 N–H and O–H groups in total. The second-order valence-corrected chi connectivity index (χ2v) is 7.64. The summed E-state index contributed by atoms with van der Waals surface area (Å²) in [5.74, 6) is 1.07. The molecule has 0 aliphatic carbocycles. The van der Waals surface area contributed by atoms with Crippen molar-refractivity contribution in [3.05, 3.63) is 78.4 Å². The Morgan fingerprint density at radius 3 is 2.60 bits per heavy atom. The molecule has 0 aliphatic heterocycles.